The van der Waals surface area contributed by atoms with Crippen molar-refractivity contribution in [2.45, 2.75) is 13.0 Å². The quantitative estimate of drug-likeness (QED) is 0.332. The third kappa shape index (κ3) is 2.94. The summed E-state index contributed by atoms with van der Waals surface area (Å²) in [6.07, 6.45) is 5.17. The number of imide groups is 1. The highest BCUT2D eigenvalue weighted by Crippen LogP contribution is 2.52. The van der Waals surface area contributed by atoms with E-state index < -0.39 is 0 Å². The summed E-state index contributed by atoms with van der Waals surface area (Å²) in [7, 11) is 1.68. The molecule has 0 spiro atoms. The van der Waals surface area contributed by atoms with Crippen molar-refractivity contribution < 1.29 is 19.1 Å². The minimum Gasteiger partial charge on any atom is -0.454 e. The number of hydrogen-bond acceptors (Lipinski definition) is 5. The second kappa shape index (κ2) is 7.09. The molecule has 4 atom stereocenters. The molecule has 2 fully saturated rings. The largest absolute Gasteiger partial charge is 0.454 e. The molecule has 2 aliphatic carbocycles. The van der Waals surface area contributed by atoms with Crippen LogP contribution in [0.5, 0.6) is 11.5 Å². The molecule has 1 aromatic carbocycles. The monoisotopic (exact) mass is 396 g/mol. The first-order valence-corrected chi connectivity index (χ1v) is 10.0. The fourth-order valence-electron chi connectivity index (χ4n) is 5.00. The van der Waals surface area contributed by atoms with Crippen molar-refractivity contribution in [3.63, 3.8) is 0 Å². The van der Waals surface area contributed by atoms with E-state index in [0.717, 1.165) is 23.5 Å². The van der Waals surface area contributed by atoms with Gasteiger partial charge in [-0.25, -0.2) is 0 Å². The van der Waals surface area contributed by atoms with Crippen LogP contribution in [0.3, 0.4) is 0 Å². The number of nitrogens with one attached hydrogen (secondary N) is 2. The van der Waals surface area contributed by atoms with Gasteiger partial charge in [0.05, 0.1) is 11.8 Å². The summed E-state index contributed by atoms with van der Waals surface area (Å²) in [4.78, 5) is 31.1. The van der Waals surface area contributed by atoms with E-state index in [1.54, 1.807) is 7.05 Å². The Morgan fingerprint density at radius 1 is 1.14 bits per heavy atom. The average Bonchev–Trinajstić information content (AvgIpc) is 3.50. The van der Waals surface area contributed by atoms with E-state index in [4.69, 9.17) is 9.47 Å². The molecule has 1 aromatic rings. The lowest BCUT2D eigenvalue weighted by Crippen LogP contribution is -2.43. The van der Waals surface area contributed by atoms with E-state index in [1.807, 2.05) is 18.2 Å². The van der Waals surface area contributed by atoms with Crippen molar-refractivity contribution in [3.05, 3.63) is 35.9 Å². The van der Waals surface area contributed by atoms with Crippen molar-refractivity contribution in [2.24, 2.45) is 28.7 Å². The van der Waals surface area contributed by atoms with Gasteiger partial charge in [-0.15, -0.1) is 0 Å². The number of nitrogens with zero attached hydrogens (tertiary/aromatic N) is 2. The summed E-state index contributed by atoms with van der Waals surface area (Å²) in [5.74, 6) is 2.26. The third-order valence-electron chi connectivity index (χ3n) is 6.34. The van der Waals surface area contributed by atoms with Gasteiger partial charge in [-0.1, -0.05) is 24.3 Å². The van der Waals surface area contributed by atoms with Gasteiger partial charge < -0.3 is 20.1 Å². The van der Waals surface area contributed by atoms with E-state index in [9.17, 15) is 9.59 Å². The van der Waals surface area contributed by atoms with Crippen LogP contribution in [0.25, 0.3) is 0 Å². The zero-order valence-corrected chi connectivity index (χ0v) is 16.3. The summed E-state index contributed by atoms with van der Waals surface area (Å²) >= 11 is 0. The van der Waals surface area contributed by atoms with Gasteiger partial charge in [-0.2, -0.15) is 0 Å². The van der Waals surface area contributed by atoms with Gasteiger partial charge in [0.15, 0.2) is 17.5 Å². The standard InChI is InChI=1S/C21H24N4O4/c1-22-21(24-10-14-3-2-4-15-18(14)29-11-28-15)23-7-8-25-19(26)16-12-5-6-13(9-12)17(16)20(25)27/h2-6,12-13,16-17H,7-11H2,1H3,(H2,22,23,24). The van der Waals surface area contributed by atoms with Gasteiger partial charge in [0.1, 0.15) is 0 Å². The number of guanidine groups is 1. The molecule has 4 aliphatic rings. The van der Waals surface area contributed by atoms with Crippen LogP contribution in [0.1, 0.15) is 12.0 Å². The number of aliphatic imine (C=N–C) groups is 1. The normalized spacial score (nSPS) is 29.0. The molecule has 0 aromatic heterocycles. The molecular weight excluding hydrogens is 372 g/mol. The topological polar surface area (TPSA) is 92.3 Å². The van der Waals surface area contributed by atoms with E-state index in [1.165, 1.54) is 4.90 Å². The first kappa shape index (κ1) is 18.0. The molecule has 0 radical (unpaired) electrons. The van der Waals surface area contributed by atoms with Crippen LogP contribution in [0.4, 0.5) is 0 Å². The van der Waals surface area contributed by atoms with E-state index in [0.29, 0.717) is 25.6 Å². The molecule has 8 nitrogen and oxygen atoms in total. The number of rotatable bonds is 5. The fraction of sp³-hybridized carbons (Fsp3) is 0.476. The zero-order valence-electron chi connectivity index (χ0n) is 16.3. The average molecular weight is 396 g/mol. The van der Waals surface area contributed by atoms with Gasteiger partial charge in [-0.3, -0.25) is 19.5 Å². The molecule has 1 saturated carbocycles. The highest BCUT2D eigenvalue weighted by Gasteiger charge is 2.58. The number of hydrogen-bond donors (Lipinski definition) is 2. The van der Waals surface area contributed by atoms with Crippen LogP contribution < -0.4 is 20.1 Å². The number of likely N-dealkylation sites (tertiary alicyclic amines) is 1. The molecule has 2 N–H and O–H groups in total. The minimum atomic E-state index is -0.141. The first-order chi connectivity index (χ1) is 14.2. The Kier molecular flexibility index (Phi) is 4.41. The van der Waals surface area contributed by atoms with Crippen LogP contribution in [0, 0.1) is 23.7 Å². The van der Waals surface area contributed by atoms with Crippen LogP contribution in [0.2, 0.25) is 0 Å². The summed E-state index contributed by atoms with van der Waals surface area (Å²) in [5.41, 5.74) is 0.976. The molecular formula is C21H24N4O4. The summed E-state index contributed by atoms with van der Waals surface area (Å²) in [6.45, 7) is 1.55. The van der Waals surface area contributed by atoms with Gasteiger partial charge in [-0.05, 0) is 24.3 Å². The van der Waals surface area contributed by atoms with Gasteiger partial charge in [0.25, 0.3) is 0 Å². The smallest absolute Gasteiger partial charge is 0.233 e. The number of ether oxygens (including phenoxy) is 2. The van der Waals surface area contributed by atoms with Crippen LogP contribution in [0.15, 0.2) is 35.3 Å². The van der Waals surface area contributed by atoms with Crippen molar-refractivity contribution in [3.8, 4) is 11.5 Å². The van der Waals surface area contributed by atoms with Crippen LogP contribution in [-0.2, 0) is 16.1 Å². The molecule has 2 heterocycles. The second-order valence-electron chi connectivity index (χ2n) is 7.83. The number of fused-ring (bicyclic) bond motifs is 6. The lowest BCUT2D eigenvalue weighted by Gasteiger charge is -2.18. The van der Waals surface area contributed by atoms with Crippen LogP contribution in [-0.4, -0.2) is 49.6 Å². The lowest BCUT2D eigenvalue weighted by atomic mass is 9.85. The summed E-state index contributed by atoms with van der Waals surface area (Å²) < 4.78 is 10.9. The molecule has 4 unspecified atom stereocenters. The van der Waals surface area contributed by atoms with E-state index in [-0.39, 0.29) is 42.3 Å². The number of amides is 2. The SMILES string of the molecule is CN=C(NCCN1C(=O)C2C3C=CC(C3)C2C1=O)NCc1cccc2c1OCO2. The Hall–Kier alpha value is -3.03. The highest BCUT2D eigenvalue weighted by molar-refractivity contribution is 6.06. The molecule has 2 bridgehead atoms. The Morgan fingerprint density at radius 3 is 2.62 bits per heavy atom. The number of carbonyl (C=O) groups is 2. The second-order valence-corrected chi connectivity index (χ2v) is 7.83. The predicted octanol–water partition coefficient (Wildman–Crippen LogP) is 0.887. The fourth-order valence-corrected chi connectivity index (χ4v) is 5.00. The third-order valence-corrected chi connectivity index (χ3v) is 6.34. The van der Waals surface area contributed by atoms with Crippen molar-refractivity contribution in [1.82, 2.24) is 15.5 Å². The molecule has 1 saturated heterocycles. The number of benzene rings is 1. The van der Waals surface area contributed by atoms with Gasteiger partial charge in [0, 0.05) is 32.2 Å². The van der Waals surface area contributed by atoms with Gasteiger partial charge >= 0.3 is 0 Å². The first-order valence-electron chi connectivity index (χ1n) is 10.0. The molecule has 152 valence electrons. The van der Waals surface area contributed by atoms with Crippen LogP contribution >= 0.6 is 0 Å². The Balaban J connectivity index is 1.14. The highest BCUT2D eigenvalue weighted by atomic mass is 16.7. The zero-order chi connectivity index (χ0) is 20.0. The molecule has 8 heteroatoms. The maximum absolute atomic E-state index is 12.7. The van der Waals surface area contributed by atoms with E-state index >= 15 is 0 Å². The number of allylic oxidation sites excluding steroid dienone is 2. The Morgan fingerprint density at radius 2 is 1.90 bits per heavy atom. The lowest BCUT2D eigenvalue weighted by molar-refractivity contribution is -0.140. The van der Waals surface area contributed by atoms with E-state index in [2.05, 4.69) is 27.8 Å². The van der Waals surface area contributed by atoms with Crippen molar-refractivity contribution >= 4 is 17.8 Å². The number of carbonyl (C=O) groups excluding carboxylic acids is 2. The maximum atomic E-state index is 12.7. The molecule has 2 amide bonds. The molecule has 5 rings (SSSR count). The summed E-state index contributed by atoms with van der Waals surface area (Å²) in [6, 6.07) is 5.76. The predicted molar refractivity (Wildman–Crippen MR) is 105 cm³/mol. The molecule has 2 aliphatic heterocycles. The maximum Gasteiger partial charge on any atom is 0.233 e. The Bertz CT molecular complexity index is 882. The number of para-hydroxylation sites is 1. The van der Waals surface area contributed by atoms with Crippen molar-refractivity contribution in [2.75, 3.05) is 26.9 Å². The van der Waals surface area contributed by atoms with Crippen molar-refractivity contribution in [1.29, 1.82) is 0 Å². The minimum absolute atomic E-state index is 0.0152. The summed E-state index contributed by atoms with van der Waals surface area (Å²) in [5, 5.41) is 6.42. The molecule has 29 heavy (non-hydrogen) atoms. The Labute approximate surface area is 168 Å². The van der Waals surface area contributed by atoms with Gasteiger partial charge in [0.2, 0.25) is 18.6 Å².